The molecule has 0 bridgehead atoms. The van der Waals surface area contributed by atoms with Gasteiger partial charge in [-0.15, -0.1) is 0 Å². The van der Waals surface area contributed by atoms with Crippen molar-refractivity contribution in [1.29, 1.82) is 0 Å². The summed E-state index contributed by atoms with van der Waals surface area (Å²) in [7, 11) is 1.55. The minimum Gasteiger partial charge on any atom is -0.495 e. The molecule has 2 heterocycles. The van der Waals surface area contributed by atoms with Crippen LogP contribution in [0.4, 0.5) is 11.4 Å². The topological polar surface area (TPSA) is 109 Å². The van der Waals surface area contributed by atoms with Crippen LogP contribution in [0, 0.1) is 0 Å². The van der Waals surface area contributed by atoms with Gasteiger partial charge in [-0.2, -0.15) is 10.2 Å². The molecule has 4 aromatic rings. The van der Waals surface area contributed by atoms with Crippen LogP contribution < -0.4 is 10.5 Å². The van der Waals surface area contributed by atoms with Gasteiger partial charge in [-0.1, -0.05) is 22.0 Å². The zero-order valence-corrected chi connectivity index (χ0v) is 16.4. The third-order valence-electron chi connectivity index (χ3n) is 4.29. The number of fused-ring (bicyclic) bond motifs is 1. The maximum absolute atomic E-state index is 10.7. The number of hydrogen-bond acceptors (Lipinski definition) is 6. The van der Waals surface area contributed by atoms with E-state index in [9.17, 15) is 5.11 Å². The normalized spacial score (nSPS) is 11.7. The molecule has 0 aliphatic heterocycles. The van der Waals surface area contributed by atoms with Crippen LogP contribution in [0.5, 0.6) is 11.6 Å². The Balaban J connectivity index is 2.01. The lowest BCUT2D eigenvalue weighted by atomic mass is 10.00. The lowest BCUT2D eigenvalue weighted by Crippen LogP contribution is -2.05. The third-order valence-corrected chi connectivity index (χ3v) is 4.79. The molecule has 0 amide bonds. The van der Waals surface area contributed by atoms with Crippen molar-refractivity contribution in [3.8, 4) is 11.6 Å². The van der Waals surface area contributed by atoms with Crippen molar-refractivity contribution in [3.05, 3.63) is 70.5 Å². The predicted molar refractivity (Wildman–Crippen MR) is 112 cm³/mol. The quantitative estimate of drug-likeness (QED) is 0.327. The summed E-state index contributed by atoms with van der Waals surface area (Å²) in [5, 5.41) is 19.2. The van der Waals surface area contributed by atoms with Crippen LogP contribution in [-0.2, 0) is 0 Å². The number of rotatable bonds is 4. The number of halogens is 1. The number of anilines is 1. The van der Waals surface area contributed by atoms with E-state index in [4.69, 9.17) is 15.5 Å². The Morgan fingerprint density at radius 1 is 1.18 bits per heavy atom. The van der Waals surface area contributed by atoms with Crippen molar-refractivity contribution in [2.24, 2.45) is 4.99 Å². The van der Waals surface area contributed by atoms with Crippen molar-refractivity contribution < 1.29 is 9.84 Å². The van der Waals surface area contributed by atoms with Crippen molar-refractivity contribution in [2.75, 3.05) is 12.8 Å². The van der Waals surface area contributed by atoms with E-state index in [0.717, 1.165) is 20.9 Å². The predicted octanol–water partition coefficient (Wildman–Crippen LogP) is 4.19. The molecule has 0 spiro atoms. The first-order valence-electron chi connectivity index (χ1n) is 8.36. The molecule has 0 unspecified atom stereocenters. The maximum atomic E-state index is 10.7. The molecule has 28 heavy (non-hydrogen) atoms. The minimum atomic E-state index is 0.0182. The monoisotopic (exact) mass is 437 g/mol. The first kappa shape index (κ1) is 18.0. The third kappa shape index (κ3) is 3.29. The average molecular weight is 438 g/mol. The zero-order valence-electron chi connectivity index (χ0n) is 14.8. The number of aliphatic imine (C=N–C) groups is 1. The SMILES string of the molecule is COc1cc(C(=Nc2ccnnc2)c2c(O)[nH]c3ccc(Br)cc23)ccc1N. The Labute approximate surface area is 169 Å². The summed E-state index contributed by atoms with van der Waals surface area (Å²) in [6.07, 6.45) is 3.11. The molecule has 0 radical (unpaired) electrons. The van der Waals surface area contributed by atoms with Crippen LogP contribution in [0.15, 0.2) is 64.3 Å². The van der Waals surface area contributed by atoms with E-state index in [1.54, 1.807) is 37.7 Å². The van der Waals surface area contributed by atoms with Crippen LogP contribution in [0.3, 0.4) is 0 Å². The zero-order chi connectivity index (χ0) is 19.7. The number of nitrogens with one attached hydrogen (secondary N) is 1. The number of nitrogen functional groups attached to an aromatic ring is 1. The summed E-state index contributed by atoms with van der Waals surface area (Å²) in [5.41, 5.74) is 9.73. The summed E-state index contributed by atoms with van der Waals surface area (Å²) >= 11 is 3.49. The Kier molecular flexibility index (Phi) is 4.70. The Morgan fingerprint density at radius 2 is 2.04 bits per heavy atom. The van der Waals surface area contributed by atoms with Crippen LogP contribution >= 0.6 is 15.9 Å². The molecular formula is C20H16BrN5O2. The molecule has 0 aliphatic carbocycles. The fraction of sp³-hybridized carbons (Fsp3) is 0.0500. The largest absolute Gasteiger partial charge is 0.495 e. The van der Waals surface area contributed by atoms with Crippen LogP contribution in [0.1, 0.15) is 11.1 Å². The van der Waals surface area contributed by atoms with Crippen LogP contribution in [0.2, 0.25) is 0 Å². The number of methoxy groups -OCH3 is 1. The van der Waals surface area contributed by atoms with Crippen LogP contribution in [-0.4, -0.2) is 33.1 Å². The first-order valence-corrected chi connectivity index (χ1v) is 9.16. The smallest absolute Gasteiger partial charge is 0.199 e. The highest BCUT2D eigenvalue weighted by Gasteiger charge is 2.20. The highest BCUT2D eigenvalue weighted by atomic mass is 79.9. The van der Waals surface area contributed by atoms with E-state index < -0.39 is 0 Å². The molecule has 2 aromatic heterocycles. The maximum Gasteiger partial charge on any atom is 0.199 e. The second-order valence-corrected chi connectivity index (χ2v) is 6.97. The number of aromatic amines is 1. The Hall–Kier alpha value is -3.39. The number of nitrogens with zero attached hydrogens (tertiary/aromatic N) is 3. The highest BCUT2D eigenvalue weighted by Crippen LogP contribution is 2.34. The molecular weight excluding hydrogens is 422 g/mol. The van der Waals surface area contributed by atoms with E-state index in [1.807, 2.05) is 24.3 Å². The lowest BCUT2D eigenvalue weighted by molar-refractivity contribution is 0.417. The molecule has 0 atom stereocenters. The van der Waals surface area contributed by atoms with Gasteiger partial charge in [0.2, 0.25) is 0 Å². The van der Waals surface area contributed by atoms with Gasteiger partial charge in [0.1, 0.15) is 5.75 Å². The van der Waals surface area contributed by atoms with Crippen molar-refractivity contribution >= 4 is 43.9 Å². The van der Waals surface area contributed by atoms with Crippen LogP contribution in [0.25, 0.3) is 10.9 Å². The van der Waals surface area contributed by atoms with Gasteiger partial charge in [-0.25, -0.2) is 4.99 Å². The number of benzene rings is 2. The van der Waals surface area contributed by atoms with E-state index in [1.165, 1.54) is 0 Å². The molecule has 0 saturated heterocycles. The van der Waals surface area contributed by atoms with Gasteiger partial charge in [0.25, 0.3) is 0 Å². The molecule has 0 fully saturated rings. The van der Waals surface area contributed by atoms with Gasteiger partial charge in [-0.3, -0.25) is 0 Å². The minimum absolute atomic E-state index is 0.0182. The second-order valence-electron chi connectivity index (χ2n) is 6.06. The first-order chi connectivity index (χ1) is 13.6. The van der Waals surface area contributed by atoms with Gasteiger partial charge in [0, 0.05) is 20.9 Å². The van der Waals surface area contributed by atoms with Gasteiger partial charge >= 0.3 is 0 Å². The molecule has 7 nitrogen and oxygen atoms in total. The highest BCUT2D eigenvalue weighted by molar-refractivity contribution is 9.10. The van der Waals surface area contributed by atoms with E-state index in [2.05, 4.69) is 31.1 Å². The molecule has 140 valence electrons. The number of hydrogen-bond donors (Lipinski definition) is 3. The van der Waals surface area contributed by atoms with Gasteiger partial charge in [0.05, 0.1) is 42.2 Å². The number of H-pyrrole nitrogens is 1. The molecule has 4 N–H and O–H groups in total. The molecule has 0 saturated carbocycles. The van der Waals surface area contributed by atoms with Crippen molar-refractivity contribution in [1.82, 2.24) is 15.2 Å². The number of aromatic nitrogens is 3. The Morgan fingerprint density at radius 3 is 2.79 bits per heavy atom. The molecule has 4 rings (SSSR count). The molecule has 2 aromatic carbocycles. The number of nitrogens with two attached hydrogens (primary N) is 1. The van der Waals surface area contributed by atoms with Crippen molar-refractivity contribution in [2.45, 2.75) is 0 Å². The van der Waals surface area contributed by atoms with E-state index >= 15 is 0 Å². The standard InChI is InChI=1S/C20H16BrN5O2/c1-28-17-8-11(2-4-15(17)22)19(25-13-6-7-23-24-10-13)18-14-9-12(21)3-5-16(14)26-20(18)27/h2-10,26-27H,22H2,1H3. The lowest BCUT2D eigenvalue weighted by Gasteiger charge is -2.11. The van der Waals surface area contributed by atoms with E-state index in [0.29, 0.717) is 28.4 Å². The molecule has 0 aliphatic rings. The second kappa shape index (κ2) is 7.32. The summed E-state index contributed by atoms with van der Waals surface area (Å²) in [6, 6.07) is 12.8. The fourth-order valence-electron chi connectivity index (χ4n) is 2.99. The van der Waals surface area contributed by atoms with Gasteiger partial charge < -0.3 is 20.6 Å². The summed E-state index contributed by atoms with van der Waals surface area (Å²) in [6.45, 7) is 0. The molecule has 8 heteroatoms. The van der Waals surface area contributed by atoms with E-state index in [-0.39, 0.29) is 5.88 Å². The van der Waals surface area contributed by atoms with Gasteiger partial charge in [-0.05, 0) is 36.4 Å². The summed E-state index contributed by atoms with van der Waals surface area (Å²) in [4.78, 5) is 7.74. The van der Waals surface area contributed by atoms with Gasteiger partial charge in [0.15, 0.2) is 5.88 Å². The average Bonchev–Trinajstić information content (AvgIpc) is 3.02. The number of aromatic hydroxyl groups is 1. The van der Waals surface area contributed by atoms with Crippen molar-refractivity contribution in [3.63, 3.8) is 0 Å². The number of ether oxygens (including phenoxy) is 1. The Bertz CT molecular complexity index is 1190. The fourth-order valence-corrected chi connectivity index (χ4v) is 3.35. The summed E-state index contributed by atoms with van der Waals surface area (Å²) < 4.78 is 6.25. The summed E-state index contributed by atoms with van der Waals surface area (Å²) in [5.74, 6) is 0.545.